The molecule has 7 N–H and O–H groups in total. The normalized spacial score (nSPS) is 13.8. The monoisotopic (exact) mass is 189 g/mol. The van der Waals surface area contributed by atoms with Crippen LogP contribution in [0.15, 0.2) is 0 Å². The molecule has 0 aromatic rings. The minimum Gasteiger partial charge on any atom is -0.368 e. The van der Waals surface area contributed by atoms with E-state index in [-0.39, 0.29) is 0 Å². The van der Waals surface area contributed by atoms with Crippen molar-refractivity contribution >= 4 is 18.1 Å². The minimum atomic E-state index is -4.96. The highest BCUT2D eigenvalue weighted by Crippen LogP contribution is 1.99. The molecule has 0 aromatic carbocycles. The third-order valence-corrected chi connectivity index (χ3v) is 2.89. The summed E-state index contributed by atoms with van der Waals surface area (Å²) in [6.07, 6.45) is 0. The van der Waals surface area contributed by atoms with E-state index < -0.39 is 18.1 Å². The summed E-state index contributed by atoms with van der Waals surface area (Å²) < 4.78 is 6.88. The van der Waals surface area contributed by atoms with Crippen molar-refractivity contribution in [3.63, 3.8) is 0 Å². The first kappa shape index (κ1) is 10.1. The molecule has 8 nitrogen and oxygen atoms in total. The van der Waals surface area contributed by atoms with E-state index in [2.05, 4.69) is 14.5 Å². The number of nitrogens with two attached hydrogens (primary N) is 1. The highest BCUT2D eigenvalue weighted by molar-refractivity contribution is 6.64. The fourth-order valence-corrected chi connectivity index (χ4v) is 1.82. The molecule has 0 atom stereocenters. The van der Waals surface area contributed by atoms with E-state index in [9.17, 15) is 0 Å². The average Bonchev–Trinajstić information content (AvgIpc) is 1.60. The second-order valence-electron chi connectivity index (χ2n) is 1.34. The van der Waals surface area contributed by atoms with Gasteiger partial charge in [-0.3, -0.25) is 4.53 Å². The third-order valence-electron chi connectivity index (χ3n) is 0.423. The maximum Gasteiger partial charge on any atom is 0.685 e. The Labute approximate surface area is 57.6 Å². The lowest BCUT2D eigenvalue weighted by Gasteiger charge is -2.16. The molecule has 0 saturated carbocycles. The van der Waals surface area contributed by atoms with Crippen molar-refractivity contribution < 1.29 is 32.6 Å². The van der Waals surface area contributed by atoms with Crippen LogP contribution in [-0.2, 0) is 8.64 Å². The third kappa shape index (κ3) is 4.94. The summed E-state index contributed by atoms with van der Waals surface area (Å²) in [7, 11) is -9.68. The molecule has 0 aromatic heterocycles. The van der Waals surface area contributed by atoms with Gasteiger partial charge < -0.3 is 28.1 Å². The first-order valence-corrected chi connectivity index (χ1v) is 5.43. The first-order chi connectivity index (χ1) is 4.27. The molecule has 0 radical (unpaired) electrons. The largest absolute Gasteiger partial charge is 0.685 e. The molecule has 0 bridgehead atoms. The summed E-state index contributed by atoms with van der Waals surface area (Å²) in [6, 6.07) is 0. The zero-order valence-corrected chi connectivity index (χ0v) is 6.63. The van der Waals surface area contributed by atoms with Crippen LogP contribution in [0.4, 0.5) is 0 Å². The van der Waals surface area contributed by atoms with Crippen LogP contribution < -0.4 is 5.90 Å². The summed E-state index contributed by atoms with van der Waals surface area (Å²) in [5.41, 5.74) is 0. The van der Waals surface area contributed by atoms with Gasteiger partial charge in [0, 0.05) is 0 Å². The summed E-state index contributed by atoms with van der Waals surface area (Å²) >= 11 is 0. The molecule has 0 fully saturated rings. The maximum atomic E-state index is 8.34. The van der Waals surface area contributed by atoms with Crippen LogP contribution in [-0.4, -0.2) is 42.1 Å². The minimum absolute atomic E-state index is 3.40. The van der Waals surface area contributed by atoms with Gasteiger partial charge in [-0.1, -0.05) is 0 Å². The highest BCUT2D eigenvalue weighted by Gasteiger charge is 2.48. The number of hydrogen-bond acceptors (Lipinski definition) is 8. The topological polar surface area (TPSA) is 146 Å². The molecule has 10 heavy (non-hydrogen) atoms. The Bertz CT molecular complexity index is 105. The van der Waals surface area contributed by atoms with Crippen LogP contribution in [0.3, 0.4) is 0 Å². The highest BCUT2D eigenvalue weighted by atomic mass is 28.5. The molecular weight excluding hydrogens is 182 g/mol. The lowest BCUT2D eigenvalue weighted by atomic mass is 13.6. The predicted molar refractivity (Wildman–Crippen MR) is 29.0 cm³/mol. The van der Waals surface area contributed by atoms with E-state index in [1.165, 1.54) is 0 Å². The predicted octanol–water partition coefficient (Wildman–Crippen LogP) is -4.27. The molecule has 0 aliphatic rings. The Morgan fingerprint density at radius 2 is 1.40 bits per heavy atom. The molecule has 0 heterocycles. The van der Waals surface area contributed by atoms with Gasteiger partial charge in [-0.2, -0.15) is 0 Å². The Kier molecular flexibility index (Phi) is 3.05. The summed E-state index contributed by atoms with van der Waals surface area (Å²) in [4.78, 5) is 41.0. The van der Waals surface area contributed by atoms with Crippen LogP contribution in [0, 0.1) is 0 Å². The summed E-state index contributed by atoms with van der Waals surface area (Å²) in [5.74, 6) is 4.24. The Morgan fingerprint density at radius 1 is 1.00 bits per heavy atom. The van der Waals surface area contributed by atoms with Gasteiger partial charge in [-0.25, -0.2) is 5.90 Å². The second-order valence-corrected chi connectivity index (χ2v) is 4.64. The van der Waals surface area contributed by atoms with Gasteiger partial charge >= 0.3 is 18.1 Å². The molecule has 0 spiro atoms. The molecule has 10 heteroatoms. The smallest absolute Gasteiger partial charge is 0.368 e. The van der Waals surface area contributed by atoms with Gasteiger partial charge in [-0.15, -0.1) is 0 Å². The van der Waals surface area contributed by atoms with Gasteiger partial charge in [0.05, 0.1) is 0 Å². The van der Waals surface area contributed by atoms with Gasteiger partial charge in [0.2, 0.25) is 0 Å². The van der Waals surface area contributed by atoms with E-state index in [1.807, 2.05) is 0 Å². The molecular formula is H7NO7Si2. The van der Waals surface area contributed by atoms with Crippen LogP contribution in [0.2, 0.25) is 0 Å². The molecule has 0 aliphatic carbocycles. The van der Waals surface area contributed by atoms with E-state index in [0.29, 0.717) is 0 Å². The van der Waals surface area contributed by atoms with Crippen molar-refractivity contribution in [1.29, 1.82) is 0 Å². The Morgan fingerprint density at radius 3 is 1.50 bits per heavy atom. The van der Waals surface area contributed by atoms with Gasteiger partial charge in [-0.05, 0) is 0 Å². The zero-order chi connectivity index (χ0) is 8.41. The molecule has 0 unspecified atom stereocenters. The van der Waals surface area contributed by atoms with Crippen molar-refractivity contribution in [1.82, 2.24) is 0 Å². The lowest BCUT2D eigenvalue weighted by Crippen LogP contribution is -2.56. The maximum absolute atomic E-state index is 8.34. The Hall–Kier alpha value is 0.114. The SMILES string of the molecule is NO[Si](O)(O)O[Si](O)(O)O. The standard InChI is InChI=1S/H7NO7Si2/c1-7-10(5,6)8-9(2,3)4/h2-6H,1H2. The second kappa shape index (κ2) is 3.01. The van der Waals surface area contributed by atoms with E-state index in [0.717, 1.165) is 0 Å². The lowest BCUT2D eigenvalue weighted by molar-refractivity contribution is 0.0137. The zero-order valence-electron chi connectivity index (χ0n) is 4.63. The van der Waals surface area contributed by atoms with Crippen molar-refractivity contribution in [3.05, 3.63) is 0 Å². The first-order valence-electron chi connectivity index (χ1n) is 1.97. The van der Waals surface area contributed by atoms with Crippen molar-refractivity contribution in [2.45, 2.75) is 0 Å². The van der Waals surface area contributed by atoms with E-state index >= 15 is 0 Å². The molecule has 0 aliphatic heterocycles. The van der Waals surface area contributed by atoms with Crippen molar-refractivity contribution in [2.75, 3.05) is 0 Å². The van der Waals surface area contributed by atoms with Crippen molar-refractivity contribution in [3.8, 4) is 0 Å². The van der Waals surface area contributed by atoms with E-state index in [1.54, 1.807) is 0 Å². The molecule has 62 valence electrons. The number of rotatable bonds is 3. The van der Waals surface area contributed by atoms with E-state index in [4.69, 9.17) is 24.0 Å². The van der Waals surface area contributed by atoms with Crippen LogP contribution in [0.25, 0.3) is 0 Å². The summed E-state index contributed by atoms with van der Waals surface area (Å²) in [6.45, 7) is 0. The van der Waals surface area contributed by atoms with Crippen LogP contribution in [0.1, 0.15) is 0 Å². The summed E-state index contributed by atoms with van der Waals surface area (Å²) in [5, 5.41) is 0. The molecule has 0 saturated heterocycles. The van der Waals surface area contributed by atoms with Crippen LogP contribution in [0.5, 0.6) is 0 Å². The van der Waals surface area contributed by atoms with Gasteiger partial charge in [0.15, 0.2) is 0 Å². The quantitative estimate of drug-likeness (QED) is 0.193. The molecule has 0 amide bonds. The average molecular weight is 189 g/mol. The van der Waals surface area contributed by atoms with Gasteiger partial charge in [0.25, 0.3) is 0 Å². The Balaban J connectivity index is 3.89. The van der Waals surface area contributed by atoms with Crippen LogP contribution >= 0.6 is 0 Å². The van der Waals surface area contributed by atoms with Crippen molar-refractivity contribution in [2.24, 2.45) is 5.90 Å². The van der Waals surface area contributed by atoms with Gasteiger partial charge in [0.1, 0.15) is 0 Å². The fourth-order valence-electron chi connectivity index (χ4n) is 0.202. The fraction of sp³-hybridized carbons (Fsp3) is 0. The number of hydrogen-bond donors (Lipinski definition) is 6. The molecule has 0 rings (SSSR count).